The molecule has 0 saturated heterocycles. The lowest BCUT2D eigenvalue weighted by molar-refractivity contribution is -0.120. The zero-order valence-electron chi connectivity index (χ0n) is 9.51. The Morgan fingerprint density at radius 2 is 1.94 bits per heavy atom. The van der Waals surface area contributed by atoms with Gasteiger partial charge in [0.1, 0.15) is 5.38 Å². The standard InChI is InChI=1S/C12H11ClF3NO/c1-5(13)12(18)17-10-4-7(10)6-2-8(14)11(16)9(15)3-6/h2-3,5,7,10H,4H2,1H3,(H,17,18)/t5?,7-,10+/m0/s1. The third kappa shape index (κ3) is 2.61. The van der Waals surface area contributed by atoms with E-state index in [2.05, 4.69) is 5.32 Å². The van der Waals surface area contributed by atoms with E-state index < -0.39 is 22.8 Å². The third-order valence-corrected chi connectivity index (χ3v) is 3.11. The fourth-order valence-electron chi connectivity index (χ4n) is 1.81. The van der Waals surface area contributed by atoms with Crippen molar-refractivity contribution < 1.29 is 18.0 Å². The summed E-state index contributed by atoms with van der Waals surface area (Å²) < 4.78 is 38.8. The number of hydrogen-bond donors (Lipinski definition) is 1. The highest BCUT2D eigenvalue weighted by Crippen LogP contribution is 2.41. The molecule has 1 aromatic carbocycles. The molecule has 1 fully saturated rings. The minimum absolute atomic E-state index is 0.186. The lowest BCUT2D eigenvalue weighted by Gasteiger charge is -2.06. The highest BCUT2D eigenvalue weighted by Gasteiger charge is 2.40. The van der Waals surface area contributed by atoms with Crippen molar-refractivity contribution in [1.82, 2.24) is 5.32 Å². The molecular weight excluding hydrogens is 267 g/mol. The third-order valence-electron chi connectivity index (χ3n) is 2.91. The number of benzene rings is 1. The quantitative estimate of drug-likeness (QED) is 0.668. The molecule has 1 aromatic rings. The Labute approximate surface area is 107 Å². The lowest BCUT2D eigenvalue weighted by atomic mass is 10.1. The van der Waals surface area contributed by atoms with Crippen LogP contribution in [-0.4, -0.2) is 17.3 Å². The molecule has 1 amide bonds. The minimum Gasteiger partial charge on any atom is -0.351 e. The SMILES string of the molecule is CC(Cl)C(=O)N[C@@H]1C[C@H]1c1cc(F)c(F)c(F)c1. The maximum Gasteiger partial charge on any atom is 0.238 e. The monoisotopic (exact) mass is 277 g/mol. The van der Waals surface area contributed by atoms with Gasteiger partial charge in [0, 0.05) is 12.0 Å². The van der Waals surface area contributed by atoms with Crippen molar-refractivity contribution in [2.75, 3.05) is 0 Å². The smallest absolute Gasteiger partial charge is 0.238 e. The van der Waals surface area contributed by atoms with Crippen molar-refractivity contribution in [2.24, 2.45) is 0 Å². The molecule has 0 heterocycles. The molecule has 3 atom stereocenters. The number of hydrogen-bond acceptors (Lipinski definition) is 1. The van der Waals surface area contributed by atoms with Gasteiger partial charge in [-0.05, 0) is 31.0 Å². The largest absolute Gasteiger partial charge is 0.351 e. The molecule has 1 unspecified atom stereocenters. The number of alkyl halides is 1. The second kappa shape index (κ2) is 4.80. The first-order valence-electron chi connectivity index (χ1n) is 5.49. The van der Waals surface area contributed by atoms with Crippen LogP contribution in [0.2, 0.25) is 0 Å². The molecule has 2 nitrogen and oxygen atoms in total. The van der Waals surface area contributed by atoms with Gasteiger partial charge < -0.3 is 5.32 Å². The molecule has 1 saturated carbocycles. The highest BCUT2D eigenvalue weighted by atomic mass is 35.5. The van der Waals surface area contributed by atoms with E-state index in [1.165, 1.54) is 6.92 Å². The molecule has 98 valence electrons. The Morgan fingerprint density at radius 1 is 1.39 bits per heavy atom. The van der Waals surface area contributed by atoms with Gasteiger partial charge >= 0.3 is 0 Å². The molecule has 0 aliphatic heterocycles. The normalized spacial score (nSPS) is 23.6. The van der Waals surface area contributed by atoms with Crippen molar-refractivity contribution in [3.8, 4) is 0 Å². The summed E-state index contributed by atoms with van der Waals surface area (Å²) >= 11 is 5.58. The van der Waals surface area contributed by atoms with Crippen LogP contribution in [0.15, 0.2) is 12.1 Å². The molecule has 6 heteroatoms. The lowest BCUT2D eigenvalue weighted by Crippen LogP contribution is -2.32. The Balaban J connectivity index is 2.06. The van der Waals surface area contributed by atoms with E-state index in [4.69, 9.17) is 11.6 Å². The fraction of sp³-hybridized carbons (Fsp3) is 0.417. The Hall–Kier alpha value is -1.23. The average Bonchev–Trinajstić information content (AvgIpc) is 3.04. The van der Waals surface area contributed by atoms with Crippen LogP contribution in [0.4, 0.5) is 13.2 Å². The van der Waals surface area contributed by atoms with Crippen LogP contribution in [0.25, 0.3) is 0 Å². The number of nitrogens with one attached hydrogen (secondary N) is 1. The summed E-state index contributed by atoms with van der Waals surface area (Å²) in [6.45, 7) is 1.53. The summed E-state index contributed by atoms with van der Waals surface area (Å²) in [7, 11) is 0. The Morgan fingerprint density at radius 3 is 2.44 bits per heavy atom. The van der Waals surface area contributed by atoms with Crippen LogP contribution >= 0.6 is 11.6 Å². The number of amides is 1. The van der Waals surface area contributed by atoms with Crippen LogP contribution < -0.4 is 5.32 Å². The van der Waals surface area contributed by atoms with E-state index >= 15 is 0 Å². The van der Waals surface area contributed by atoms with Gasteiger partial charge in [0.15, 0.2) is 17.5 Å². The zero-order chi connectivity index (χ0) is 13.4. The van der Waals surface area contributed by atoms with E-state index in [1.807, 2.05) is 0 Å². The predicted molar refractivity (Wildman–Crippen MR) is 60.9 cm³/mol. The Kier molecular flexibility index (Phi) is 3.52. The number of carbonyl (C=O) groups is 1. The second-order valence-electron chi connectivity index (χ2n) is 4.37. The minimum atomic E-state index is -1.48. The second-order valence-corrected chi connectivity index (χ2v) is 5.03. The van der Waals surface area contributed by atoms with E-state index in [1.54, 1.807) is 0 Å². The van der Waals surface area contributed by atoms with Gasteiger partial charge in [-0.1, -0.05) is 0 Å². The zero-order valence-corrected chi connectivity index (χ0v) is 10.3. The van der Waals surface area contributed by atoms with Gasteiger partial charge in [-0.25, -0.2) is 13.2 Å². The van der Waals surface area contributed by atoms with Crippen molar-refractivity contribution in [3.63, 3.8) is 0 Å². The van der Waals surface area contributed by atoms with Crippen molar-refractivity contribution in [3.05, 3.63) is 35.1 Å². The molecule has 0 aromatic heterocycles. The summed E-state index contributed by atoms with van der Waals surface area (Å²) in [5.41, 5.74) is 0.346. The predicted octanol–water partition coefficient (Wildman–Crippen LogP) is 2.70. The molecule has 1 N–H and O–H groups in total. The summed E-state index contributed by atoms with van der Waals surface area (Å²) in [5.74, 6) is -4.42. The van der Waals surface area contributed by atoms with Crippen LogP contribution in [-0.2, 0) is 4.79 Å². The van der Waals surface area contributed by atoms with E-state index in [0.717, 1.165) is 12.1 Å². The van der Waals surface area contributed by atoms with Crippen molar-refractivity contribution in [1.29, 1.82) is 0 Å². The van der Waals surface area contributed by atoms with Gasteiger partial charge in [-0.3, -0.25) is 4.79 Å². The van der Waals surface area contributed by atoms with E-state index in [9.17, 15) is 18.0 Å². The summed E-state index contributed by atoms with van der Waals surface area (Å²) in [6, 6.07) is 1.72. The van der Waals surface area contributed by atoms with E-state index in [-0.39, 0.29) is 17.9 Å². The van der Waals surface area contributed by atoms with Gasteiger partial charge in [-0.15, -0.1) is 11.6 Å². The Bertz CT molecular complexity index is 469. The van der Waals surface area contributed by atoms with Gasteiger partial charge in [0.2, 0.25) is 5.91 Å². The first-order valence-corrected chi connectivity index (χ1v) is 5.92. The number of carbonyl (C=O) groups excluding carboxylic acids is 1. The molecule has 0 spiro atoms. The highest BCUT2D eigenvalue weighted by molar-refractivity contribution is 6.30. The van der Waals surface area contributed by atoms with Crippen LogP contribution in [0.5, 0.6) is 0 Å². The molecule has 18 heavy (non-hydrogen) atoms. The maximum atomic E-state index is 13.0. The van der Waals surface area contributed by atoms with Crippen molar-refractivity contribution in [2.45, 2.75) is 30.7 Å². The summed E-state index contributed by atoms with van der Waals surface area (Å²) in [6.07, 6.45) is 0.569. The van der Waals surface area contributed by atoms with Crippen LogP contribution in [0, 0.1) is 17.5 Å². The van der Waals surface area contributed by atoms with Crippen LogP contribution in [0.3, 0.4) is 0 Å². The van der Waals surface area contributed by atoms with Crippen molar-refractivity contribution >= 4 is 17.5 Å². The van der Waals surface area contributed by atoms with Crippen LogP contribution in [0.1, 0.15) is 24.8 Å². The number of halogens is 4. The molecule has 1 aliphatic carbocycles. The molecule has 0 radical (unpaired) electrons. The summed E-state index contributed by atoms with van der Waals surface area (Å²) in [4.78, 5) is 11.3. The first kappa shape index (κ1) is 13.2. The fourth-order valence-corrected chi connectivity index (χ4v) is 1.87. The first-order chi connectivity index (χ1) is 8.40. The molecular formula is C12H11ClF3NO. The van der Waals surface area contributed by atoms with E-state index in [0.29, 0.717) is 12.0 Å². The average molecular weight is 278 g/mol. The van der Waals surface area contributed by atoms with Gasteiger partial charge in [-0.2, -0.15) is 0 Å². The number of rotatable bonds is 3. The topological polar surface area (TPSA) is 29.1 Å². The van der Waals surface area contributed by atoms with Gasteiger partial charge in [0.05, 0.1) is 0 Å². The maximum absolute atomic E-state index is 13.0. The van der Waals surface area contributed by atoms with Gasteiger partial charge in [0.25, 0.3) is 0 Å². The molecule has 0 bridgehead atoms. The molecule has 2 rings (SSSR count). The molecule has 1 aliphatic rings. The summed E-state index contributed by atoms with van der Waals surface area (Å²) in [5, 5.41) is 1.99.